The van der Waals surface area contributed by atoms with Crippen LogP contribution in [0.4, 0.5) is 0 Å². The van der Waals surface area contributed by atoms with Gasteiger partial charge in [0.2, 0.25) is 0 Å². The van der Waals surface area contributed by atoms with Crippen LogP contribution in [0.2, 0.25) is 0 Å². The molecule has 1 aromatic carbocycles. The van der Waals surface area contributed by atoms with E-state index in [1.165, 1.54) is 19.3 Å². The smallest absolute Gasteiger partial charge is 0.108 e. The van der Waals surface area contributed by atoms with Gasteiger partial charge in [0, 0.05) is 12.6 Å². The molecule has 0 aromatic heterocycles. The van der Waals surface area contributed by atoms with E-state index in [9.17, 15) is 0 Å². The molecular weight excluding hydrogens is 234 g/mol. The number of hydrogen-bond acceptors (Lipinski definition) is 2. The largest absolute Gasteiger partial charge is 0.359 e. The Hall–Kier alpha value is -1.12. The molecule has 0 amide bonds. The Morgan fingerprint density at radius 1 is 1.47 bits per heavy atom. The molecule has 19 heavy (non-hydrogen) atoms. The first kappa shape index (κ1) is 12.9. The summed E-state index contributed by atoms with van der Waals surface area (Å²) < 4.78 is 5.82. The number of ether oxygens (including phenoxy) is 1. The summed E-state index contributed by atoms with van der Waals surface area (Å²) in [7, 11) is 0. The first-order valence-corrected chi connectivity index (χ1v) is 7.35. The summed E-state index contributed by atoms with van der Waals surface area (Å²) in [4.78, 5) is 2.54. The maximum atomic E-state index is 5.82. The van der Waals surface area contributed by atoms with Crippen molar-refractivity contribution in [2.24, 2.45) is 0 Å². The normalized spacial score (nSPS) is 27.6. The van der Waals surface area contributed by atoms with Crippen molar-refractivity contribution in [2.45, 2.75) is 44.4 Å². The van der Waals surface area contributed by atoms with E-state index >= 15 is 0 Å². The molecule has 3 unspecified atom stereocenters. The van der Waals surface area contributed by atoms with Crippen LogP contribution in [0.25, 0.3) is 0 Å². The van der Waals surface area contributed by atoms with Gasteiger partial charge in [0.25, 0.3) is 0 Å². The predicted octanol–water partition coefficient (Wildman–Crippen LogP) is 3.34. The molecule has 0 radical (unpaired) electrons. The summed E-state index contributed by atoms with van der Waals surface area (Å²) in [6, 6.07) is 9.62. The number of nitrogens with zero attached hydrogens (tertiary/aromatic N) is 1. The molecule has 1 aliphatic carbocycles. The van der Waals surface area contributed by atoms with E-state index in [1.54, 1.807) is 11.1 Å². The molecule has 1 aliphatic heterocycles. The standard InChI is InChI=1S/C17H23NO/c1-3-10-19-13(2)18-9-8-15-12-16(18)11-14-6-4-5-7-17(14)15/h3-7,13,15-16H,1,8-12H2,2H3. The molecule has 2 bridgehead atoms. The lowest BCUT2D eigenvalue weighted by atomic mass is 9.75. The second kappa shape index (κ2) is 5.48. The van der Waals surface area contributed by atoms with Crippen molar-refractivity contribution in [1.29, 1.82) is 0 Å². The average Bonchev–Trinajstić information content (AvgIpc) is 2.45. The Balaban J connectivity index is 1.76. The lowest BCUT2D eigenvalue weighted by Gasteiger charge is -2.46. The van der Waals surface area contributed by atoms with Crippen LogP contribution in [0.3, 0.4) is 0 Å². The highest BCUT2D eigenvalue weighted by Crippen LogP contribution is 2.40. The van der Waals surface area contributed by atoms with Crippen LogP contribution >= 0.6 is 0 Å². The molecule has 2 heteroatoms. The van der Waals surface area contributed by atoms with E-state index in [1.807, 2.05) is 6.08 Å². The minimum Gasteiger partial charge on any atom is -0.359 e. The summed E-state index contributed by atoms with van der Waals surface area (Å²) in [5.41, 5.74) is 3.14. The second-order valence-electron chi connectivity index (χ2n) is 5.74. The fourth-order valence-electron chi connectivity index (χ4n) is 3.71. The number of fused-ring (bicyclic) bond motifs is 4. The fourth-order valence-corrected chi connectivity index (χ4v) is 3.71. The molecule has 1 heterocycles. The maximum absolute atomic E-state index is 5.82. The van der Waals surface area contributed by atoms with Gasteiger partial charge in [-0.1, -0.05) is 30.3 Å². The summed E-state index contributed by atoms with van der Waals surface area (Å²) in [6.45, 7) is 7.70. The minimum atomic E-state index is 0.203. The average molecular weight is 257 g/mol. The molecular formula is C17H23NO. The Bertz CT molecular complexity index is 456. The van der Waals surface area contributed by atoms with Gasteiger partial charge in [-0.3, -0.25) is 4.90 Å². The molecule has 3 atom stereocenters. The van der Waals surface area contributed by atoms with Crippen LogP contribution in [0.15, 0.2) is 36.9 Å². The topological polar surface area (TPSA) is 12.5 Å². The third kappa shape index (κ3) is 2.47. The molecule has 102 valence electrons. The molecule has 0 N–H and O–H groups in total. The van der Waals surface area contributed by atoms with Crippen molar-refractivity contribution in [3.63, 3.8) is 0 Å². The van der Waals surface area contributed by atoms with Gasteiger partial charge in [0.05, 0.1) is 6.61 Å². The van der Waals surface area contributed by atoms with Crippen LogP contribution in [0.5, 0.6) is 0 Å². The summed E-state index contributed by atoms with van der Waals surface area (Å²) >= 11 is 0. The Labute approximate surface area is 116 Å². The van der Waals surface area contributed by atoms with Crippen LogP contribution in [0, 0.1) is 0 Å². The highest BCUT2D eigenvalue weighted by Gasteiger charge is 2.36. The van der Waals surface area contributed by atoms with Gasteiger partial charge >= 0.3 is 0 Å². The van der Waals surface area contributed by atoms with Crippen molar-refractivity contribution < 1.29 is 4.74 Å². The van der Waals surface area contributed by atoms with E-state index in [0.717, 1.165) is 12.5 Å². The van der Waals surface area contributed by atoms with E-state index in [0.29, 0.717) is 12.6 Å². The first-order valence-electron chi connectivity index (χ1n) is 7.35. The maximum Gasteiger partial charge on any atom is 0.108 e. The zero-order valence-corrected chi connectivity index (χ0v) is 11.7. The second-order valence-corrected chi connectivity index (χ2v) is 5.74. The lowest BCUT2D eigenvalue weighted by molar-refractivity contribution is -0.0737. The van der Waals surface area contributed by atoms with Crippen LogP contribution in [-0.4, -0.2) is 30.3 Å². The van der Waals surface area contributed by atoms with Gasteiger partial charge < -0.3 is 4.74 Å². The third-order valence-electron chi connectivity index (χ3n) is 4.63. The van der Waals surface area contributed by atoms with Crippen LogP contribution in [-0.2, 0) is 11.2 Å². The molecule has 1 fully saturated rings. The van der Waals surface area contributed by atoms with Crippen molar-refractivity contribution in [2.75, 3.05) is 13.2 Å². The Kier molecular flexibility index (Phi) is 3.72. The van der Waals surface area contributed by atoms with Gasteiger partial charge in [0.15, 0.2) is 0 Å². The van der Waals surface area contributed by atoms with Gasteiger partial charge in [-0.25, -0.2) is 0 Å². The quantitative estimate of drug-likeness (QED) is 0.767. The summed E-state index contributed by atoms with van der Waals surface area (Å²) in [5.74, 6) is 0.762. The molecule has 1 saturated heterocycles. The predicted molar refractivity (Wildman–Crippen MR) is 78.2 cm³/mol. The molecule has 0 spiro atoms. The fraction of sp³-hybridized carbons (Fsp3) is 0.529. The van der Waals surface area contributed by atoms with E-state index in [2.05, 4.69) is 42.7 Å². The van der Waals surface area contributed by atoms with E-state index in [4.69, 9.17) is 4.74 Å². The lowest BCUT2D eigenvalue weighted by Crippen LogP contribution is -2.50. The molecule has 0 saturated carbocycles. The van der Waals surface area contributed by atoms with Crippen molar-refractivity contribution in [3.8, 4) is 0 Å². The Morgan fingerprint density at radius 3 is 3.16 bits per heavy atom. The first-order chi connectivity index (χ1) is 9.29. The molecule has 1 aromatic rings. The van der Waals surface area contributed by atoms with Gasteiger partial charge in [-0.05, 0) is 43.2 Å². The van der Waals surface area contributed by atoms with Gasteiger partial charge in [-0.15, -0.1) is 6.58 Å². The van der Waals surface area contributed by atoms with Crippen LogP contribution < -0.4 is 0 Å². The van der Waals surface area contributed by atoms with Gasteiger partial charge in [0.1, 0.15) is 6.23 Å². The number of likely N-dealkylation sites (tertiary alicyclic amines) is 1. The monoisotopic (exact) mass is 257 g/mol. The third-order valence-corrected chi connectivity index (χ3v) is 4.63. The molecule has 2 aliphatic rings. The summed E-state index contributed by atoms with van der Waals surface area (Å²) in [5, 5.41) is 0. The number of benzene rings is 1. The zero-order chi connectivity index (χ0) is 13.2. The van der Waals surface area contributed by atoms with Crippen molar-refractivity contribution >= 4 is 0 Å². The molecule has 2 nitrogen and oxygen atoms in total. The Morgan fingerprint density at radius 2 is 2.32 bits per heavy atom. The zero-order valence-electron chi connectivity index (χ0n) is 11.7. The minimum absolute atomic E-state index is 0.203. The van der Waals surface area contributed by atoms with Crippen molar-refractivity contribution in [3.05, 3.63) is 48.0 Å². The van der Waals surface area contributed by atoms with Crippen molar-refractivity contribution in [1.82, 2.24) is 4.90 Å². The highest BCUT2D eigenvalue weighted by atomic mass is 16.5. The van der Waals surface area contributed by atoms with E-state index in [-0.39, 0.29) is 6.23 Å². The highest BCUT2D eigenvalue weighted by molar-refractivity contribution is 5.34. The van der Waals surface area contributed by atoms with E-state index < -0.39 is 0 Å². The number of rotatable bonds is 4. The number of hydrogen-bond donors (Lipinski definition) is 0. The summed E-state index contributed by atoms with van der Waals surface area (Å²) in [6.07, 6.45) is 5.76. The van der Waals surface area contributed by atoms with Crippen LogP contribution in [0.1, 0.15) is 36.8 Å². The SMILES string of the molecule is C=CCOC(C)N1CCC2CC1Cc1ccccc12. The van der Waals surface area contributed by atoms with Gasteiger partial charge in [-0.2, -0.15) is 0 Å². The number of piperidine rings is 1. The molecule has 3 rings (SSSR count).